The van der Waals surface area contributed by atoms with Gasteiger partial charge in [0.05, 0.1) is 23.4 Å². The number of hydrogen-bond acceptors (Lipinski definition) is 6. The first-order chi connectivity index (χ1) is 14.8. The highest BCUT2D eigenvalue weighted by Crippen LogP contribution is 2.30. The highest BCUT2D eigenvalue weighted by Gasteiger charge is 2.21. The Morgan fingerprint density at radius 2 is 1.81 bits per heavy atom. The maximum Gasteiger partial charge on any atom is 0.261 e. The molecule has 0 aliphatic carbocycles. The number of anilines is 2. The molecule has 1 fully saturated rings. The molecule has 0 aromatic heterocycles. The van der Waals surface area contributed by atoms with Crippen molar-refractivity contribution in [1.29, 1.82) is 0 Å². The molecule has 1 aliphatic rings. The van der Waals surface area contributed by atoms with Crippen LogP contribution in [0.2, 0.25) is 0 Å². The summed E-state index contributed by atoms with van der Waals surface area (Å²) in [6, 6.07) is 11.3. The third kappa shape index (κ3) is 5.89. The van der Waals surface area contributed by atoms with E-state index in [-0.39, 0.29) is 10.8 Å². The predicted molar refractivity (Wildman–Crippen MR) is 122 cm³/mol. The zero-order valence-corrected chi connectivity index (χ0v) is 19.0. The molecular formula is C22H30N4O4S. The average Bonchev–Trinajstić information content (AvgIpc) is 2.77. The van der Waals surface area contributed by atoms with E-state index < -0.39 is 10.0 Å². The van der Waals surface area contributed by atoms with Crippen LogP contribution in [0.15, 0.2) is 47.4 Å². The molecule has 31 heavy (non-hydrogen) atoms. The van der Waals surface area contributed by atoms with Gasteiger partial charge in [-0.2, -0.15) is 0 Å². The zero-order chi connectivity index (χ0) is 22.4. The quantitative estimate of drug-likeness (QED) is 0.575. The first-order valence-corrected chi connectivity index (χ1v) is 11.8. The standard InChI is InChI=1S/C22H30N4O4S/c1-16(2)15-24-22(27)17-4-9-21(26-12-10-23-11-13-26)20(14-17)25-31(28,29)19-7-5-18(30-3)6-8-19/h4-9,14,16,23,25H,10-13,15H2,1-3H3,(H,24,27). The van der Waals surface area contributed by atoms with Crippen LogP contribution in [0.3, 0.4) is 0 Å². The van der Waals surface area contributed by atoms with E-state index in [9.17, 15) is 13.2 Å². The molecule has 0 radical (unpaired) electrons. The molecule has 1 heterocycles. The van der Waals surface area contributed by atoms with E-state index in [1.165, 1.54) is 19.2 Å². The number of methoxy groups -OCH3 is 1. The summed E-state index contributed by atoms with van der Waals surface area (Å²) >= 11 is 0. The normalized spacial score (nSPS) is 14.4. The lowest BCUT2D eigenvalue weighted by Gasteiger charge is -2.31. The zero-order valence-electron chi connectivity index (χ0n) is 18.1. The Hall–Kier alpha value is -2.78. The van der Waals surface area contributed by atoms with Gasteiger partial charge in [-0.15, -0.1) is 0 Å². The van der Waals surface area contributed by atoms with Gasteiger partial charge in [0.15, 0.2) is 0 Å². The van der Waals surface area contributed by atoms with E-state index in [0.717, 1.165) is 31.9 Å². The summed E-state index contributed by atoms with van der Waals surface area (Å²) in [7, 11) is -2.32. The van der Waals surface area contributed by atoms with Crippen molar-refractivity contribution in [3.8, 4) is 5.75 Å². The number of ether oxygens (including phenoxy) is 1. The topological polar surface area (TPSA) is 99.8 Å². The minimum atomic E-state index is -3.85. The number of carbonyl (C=O) groups excluding carboxylic acids is 1. The number of amides is 1. The number of piperazine rings is 1. The fourth-order valence-corrected chi connectivity index (χ4v) is 4.36. The largest absolute Gasteiger partial charge is 0.497 e. The van der Waals surface area contributed by atoms with Crippen molar-refractivity contribution in [2.75, 3.05) is 49.5 Å². The molecule has 0 spiro atoms. The Labute approximate surface area is 184 Å². The van der Waals surface area contributed by atoms with Crippen LogP contribution in [-0.4, -0.2) is 54.2 Å². The van der Waals surface area contributed by atoms with Gasteiger partial charge >= 0.3 is 0 Å². The first-order valence-electron chi connectivity index (χ1n) is 10.3. The summed E-state index contributed by atoms with van der Waals surface area (Å²) in [4.78, 5) is 14.8. The Morgan fingerprint density at radius 3 is 2.42 bits per heavy atom. The third-order valence-corrected chi connectivity index (χ3v) is 6.38. The van der Waals surface area contributed by atoms with Crippen LogP contribution in [0, 0.1) is 5.92 Å². The van der Waals surface area contributed by atoms with Crippen LogP contribution < -0.4 is 25.0 Å². The lowest BCUT2D eigenvalue weighted by atomic mass is 10.1. The third-order valence-electron chi connectivity index (χ3n) is 5.00. The van der Waals surface area contributed by atoms with Crippen molar-refractivity contribution in [3.63, 3.8) is 0 Å². The van der Waals surface area contributed by atoms with Crippen LogP contribution in [0.1, 0.15) is 24.2 Å². The van der Waals surface area contributed by atoms with Crippen LogP contribution in [0.5, 0.6) is 5.75 Å². The summed E-state index contributed by atoms with van der Waals surface area (Å²) in [6.07, 6.45) is 0. The number of carbonyl (C=O) groups is 1. The summed E-state index contributed by atoms with van der Waals surface area (Å²) in [5.74, 6) is 0.659. The number of hydrogen-bond donors (Lipinski definition) is 3. The lowest BCUT2D eigenvalue weighted by molar-refractivity contribution is 0.0949. The van der Waals surface area contributed by atoms with Crippen LogP contribution >= 0.6 is 0 Å². The van der Waals surface area contributed by atoms with Crippen molar-refractivity contribution in [1.82, 2.24) is 10.6 Å². The maximum absolute atomic E-state index is 13.0. The van der Waals surface area contributed by atoms with E-state index in [0.29, 0.717) is 29.5 Å². The minimum absolute atomic E-state index is 0.120. The first kappa shape index (κ1) is 22.9. The molecule has 2 aromatic carbocycles. The van der Waals surface area contributed by atoms with Crippen molar-refractivity contribution in [2.24, 2.45) is 5.92 Å². The second-order valence-electron chi connectivity index (χ2n) is 7.85. The number of rotatable bonds is 8. The van der Waals surface area contributed by atoms with Crippen LogP contribution in [-0.2, 0) is 10.0 Å². The average molecular weight is 447 g/mol. The van der Waals surface area contributed by atoms with Crippen molar-refractivity contribution in [3.05, 3.63) is 48.0 Å². The maximum atomic E-state index is 13.0. The van der Waals surface area contributed by atoms with Gasteiger partial charge in [-0.3, -0.25) is 9.52 Å². The molecule has 1 saturated heterocycles. The summed E-state index contributed by atoms with van der Waals surface area (Å²) in [5, 5.41) is 6.17. The number of nitrogens with zero attached hydrogens (tertiary/aromatic N) is 1. The van der Waals surface area contributed by atoms with Crippen molar-refractivity contribution < 1.29 is 17.9 Å². The molecule has 168 valence electrons. The number of sulfonamides is 1. The Morgan fingerprint density at radius 1 is 1.13 bits per heavy atom. The molecule has 0 atom stereocenters. The van der Waals surface area contributed by atoms with E-state index in [1.54, 1.807) is 24.3 Å². The van der Waals surface area contributed by atoms with Gasteiger partial charge in [-0.1, -0.05) is 13.8 Å². The molecule has 9 heteroatoms. The fourth-order valence-electron chi connectivity index (χ4n) is 3.30. The SMILES string of the molecule is COc1ccc(S(=O)(=O)Nc2cc(C(=O)NCC(C)C)ccc2N2CCNCC2)cc1. The van der Waals surface area contributed by atoms with Crippen molar-refractivity contribution >= 4 is 27.3 Å². The Balaban J connectivity index is 1.93. The smallest absolute Gasteiger partial charge is 0.261 e. The highest BCUT2D eigenvalue weighted by atomic mass is 32.2. The van der Waals surface area contributed by atoms with E-state index in [2.05, 4.69) is 20.3 Å². The molecule has 3 N–H and O–H groups in total. The van der Waals surface area contributed by atoms with Gasteiger partial charge in [0.1, 0.15) is 5.75 Å². The number of nitrogens with one attached hydrogen (secondary N) is 3. The predicted octanol–water partition coefficient (Wildman–Crippen LogP) is 2.29. The van der Waals surface area contributed by atoms with E-state index in [1.807, 2.05) is 19.9 Å². The van der Waals surface area contributed by atoms with Crippen LogP contribution in [0.4, 0.5) is 11.4 Å². The molecule has 0 unspecified atom stereocenters. The molecule has 0 saturated carbocycles. The van der Waals surface area contributed by atoms with Gasteiger partial charge in [0.2, 0.25) is 0 Å². The number of benzene rings is 2. The summed E-state index contributed by atoms with van der Waals surface area (Å²) in [6.45, 7) is 7.69. The van der Waals surface area contributed by atoms with Gasteiger partial charge < -0.3 is 20.3 Å². The second kappa shape index (κ2) is 10.0. The summed E-state index contributed by atoms with van der Waals surface area (Å²) < 4.78 is 33.9. The van der Waals surface area contributed by atoms with Crippen molar-refractivity contribution in [2.45, 2.75) is 18.7 Å². The molecule has 1 aliphatic heterocycles. The second-order valence-corrected chi connectivity index (χ2v) is 9.54. The molecule has 2 aromatic rings. The molecule has 1 amide bonds. The summed E-state index contributed by atoms with van der Waals surface area (Å²) in [5.41, 5.74) is 1.54. The van der Waals surface area contributed by atoms with E-state index >= 15 is 0 Å². The van der Waals surface area contributed by atoms with Gasteiger partial charge in [-0.25, -0.2) is 8.42 Å². The molecule has 0 bridgehead atoms. The van der Waals surface area contributed by atoms with E-state index in [4.69, 9.17) is 4.74 Å². The molecular weight excluding hydrogens is 416 g/mol. The molecule has 3 rings (SSSR count). The van der Waals surface area contributed by atoms with Gasteiger partial charge in [0, 0.05) is 38.3 Å². The fraction of sp³-hybridized carbons (Fsp3) is 0.409. The Bertz CT molecular complexity index is 1000. The minimum Gasteiger partial charge on any atom is -0.497 e. The monoisotopic (exact) mass is 446 g/mol. The molecule has 8 nitrogen and oxygen atoms in total. The van der Waals surface area contributed by atoms with Crippen LogP contribution in [0.25, 0.3) is 0 Å². The Kier molecular flexibility index (Phi) is 7.40. The van der Waals surface area contributed by atoms with Gasteiger partial charge in [0.25, 0.3) is 15.9 Å². The lowest BCUT2D eigenvalue weighted by Crippen LogP contribution is -2.43. The highest BCUT2D eigenvalue weighted by molar-refractivity contribution is 7.92. The van der Waals surface area contributed by atoms with Gasteiger partial charge in [-0.05, 0) is 48.4 Å².